The summed E-state index contributed by atoms with van der Waals surface area (Å²) in [6.45, 7) is 6.05. The Kier molecular flexibility index (Phi) is 6.22. The van der Waals surface area contributed by atoms with Crippen molar-refractivity contribution in [3.05, 3.63) is 99.0 Å². The third-order valence-electron chi connectivity index (χ3n) is 6.88. The van der Waals surface area contributed by atoms with Crippen molar-refractivity contribution < 1.29 is 9.32 Å². The second-order valence-corrected chi connectivity index (χ2v) is 9.55. The van der Waals surface area contributed by atoms with Gasteiger partial charge >= 0.3 is 0 Å². The van der Waals surface area contributed by atoms with E-state index in [1.807, 2.05) is 42.7 Å². The molecule has 0 saturated heterocycles. The Labute approximate surface area is 232 Å². The summed E-state index contributed by atoms with van der Waals surface area (Å²) in [5.41, 5.74) is 3.47. The molecule has 6 rings (SSSR count). The van der Waals surface area contributed by atoms with Crippen LogP contribution in [0.1, 0.15) is 28.9 Å². The molecule has 0 aliphatic heterocycles. The molecule has 0 aliphatic rings. The number of carbonyl (C=O) groups is 1. The van der Waals surface area contributed by atoms with E-state index in [9.17, 15) is 14.4 Å². The Bertz CT molecular complexity index is 2040. The van der Waals surface area contributed by atoms with Gasteiger partial charge in [0.1, 0.15) is 11.4 Å². The fourth-order valence-electron chi connectivity index (χ4n) is 5.08. The van der Waals surface area contributed by atoms with Crippen LogP contribution < -0.4 is 16.4 Å². The molecule has 0 atom stereocenters. The summed E-state index contributed by atoms with van der Waals surface area (Å²) in [6.07, 6.45) is 6.36. The SMILES string of the molecule is CCn1c(-c2ccc(-c3c(C)on(C)c3=O)cn2)cc2cc(C)nc(C(=O)Nc3cccn(-c4ncc[nH]4)c3=O)c21. The summed E-state index contributed by atoms with van der Waals surface area (Å²) in [7, 11) is 1.57. The van der Waals surface area contributed by atoms with E-state index in [0.29, 0.717) is 46.3 Å². The number of hydrogen-bond acceptors (Lipinski definition) is 7. The molecule has 0 radical (unpaired) electrons. The van der Waals surface area contributed by atoms with Gasteiger partial charge in [-0.05, 0) is 51.1 Å². The molecule has 6 aromatic rings. The number of nitrogens with one attached hydrogen (secondary N) is 2. The molecule has 0 spiro atoms. The molecule has 1 amide bonds. The van der Waals surface area contributed by atoms with Crippen LogP contribution in [0.5, 0.6) is 0 Å². The number of nitrogens with zero attached hydrogens (tertiary/aromatic N) is 6. The molecule has 0 aromatic carbocycles. The number of fused-ring (bicyclic) bond motifs is 1. The third-order valence-corrected chi connectivity index (χ3v) is 6.88. The van der Waals surface area contributed by atoms with Crippen molar-refractivity contribution >= 4 is 22.5 Å². The second kappa shape index (κ2) is 9.90. The minimum Gasteiger partial charge on any atom is -0.381 e. The summed E-state index contributed by atoms with van der Waals surface area (Å²) < 4.78 is 9.89. The molecule has 0 unspecified atom stereocenters. The van der Waals surface area contributed by atoms with Crippen molar-refractivity contribution in [1.29, 1.82) is 0 Å². The Morgan fingerprint density at radius 1 is 1.10 bits per heavy atom. The fourth-order valence-corrected chi connectivity index (χ4v) is 5.08. The molecule has 0 fully saturated rings. The van der Waals surface area contributed by atoms with Crippen LogP contribution in [0.2, 0.25) is 0 Å². The average Bonchev–Trinajstić information content (AvgIpc) is 3.67. The summed E-state index contributed by atoms with van der Waals surface area (Å²) in [4.78, 5) is 55.4. The Balaban J connectivity index is 1.41. The highest BCUT2D eigenvalue weighted by Crippen LogP contribution is 2.31. The maximum Gasteiger partial charge on any atom is 0.290 e. The van der Waals surface area contributed by atoms with Gasteiger partial charge in [0.05, 0.1) is 22.5 Å². The highest BCUT2D eigenvalue weighted by molar-refractivity contribution is 6.11. The summed E-state index contributed by atoms with van der Waals surface area (Å²) >= 11 is 0. The van der Waals surface area contributed by atoms with Gasteiger partial charge in [0.2, 0.25) is 5.95 Å². The molecule has 0 aliphatic carbocycles. The largest absolute Gasteiger partial charge is 0.381 e. The normalized spacial score (nSPS) is 11.3. The number of rotatable bonds is 6. The lowest BCUT2D eigenvalue weighted by Gasteiger charge is -2.12. The molecule has 12 nitrogen and oxygen atoms in total. The van der Waals surface area contributed by atoms with Gasteiger partial charge in [-0.15, -0.1) is 0 Å². The van der Waals surface area contributed by atoms with E-state index in [1.54, 1.807) is 44.8 Å². The minimum absolute atomic E-state index is 0.0955. The number of aromatic nitrogens is 7. The van der Waals surface area contributed by atoms with Gasteiger partial charge in [0.25, 0.3) is 17.0 Å². The van der Waals surface area contributed by atoms with Gasteiger partial charge in [-0.2, -0.15) is 4.74 Å². The number of H-pyrrole nitrogens is 1. The predicted octanol–water partition coefficient (Wildman–Crippen LogP) is 3.82. The van der Waals surface area contributed by atoms with Gasteiger partial charge in [0.15, 0.2) is 5.69 Å². The number of hydrogen-bond donors (Lipinski definition) is 2. The molecule has 41 heavy (non-hydrogen) atoms. The zero-order chi connectivity index (χ0) is 28.8. The molecule has 6 heterocycles. The average molecular weight is 551 g/mol. The van der Waals surface area contributed by atoms with Gasteiger partial charge in [-0.25, -0.2) is 9.97 Å². The summed E-state index contributed by atoms with van der Waals surface area (Å²) in [5, 5.41) is 3.55. The van der Waals surface area contributed by atoms with Crippen molar-refractivity contribution in [2.45, 2.75) is 27.3 Å². The third kappa shape index (κ3) is 4.35. The topological polar surface area (TPSA) is 146 Å². The zero-order valence-electron chi connectivity index (χ0n) is 22.8. The van der Waals surface area contributed by atoms with E-state index in [4.69, 9.17) is 4.52 Å². The molecular formula is C29H26N8O4. The second-order valence-electron chi connectivity index (χ2n) is 9.55. The monoisotopic (exact) mass is 550 g/mol. The Hall–Kier alpha value is -5.52. The van der Waals surface area contributed by atoms with Crippen LogP contribution >= 0.6 is 0 Å². The number of aryl methyl sites for hydroxylation is 4. The van der Waals surface area contributed by atoms with Crippen LogP contribution in [0.25, 0.3) is 39.4 Å². The van der Waals surface area contributed by atoms with Crippen LogP contribution in [0, 0.1) is 13.8 Å². The molecular weight excluding hydrogens is 524 g/mol. The van der Waals surface area contributed by atoms with Crippen LogP contribution in [0.3, 0.4) is 0 Å². The van der Waals surface area contributed by atoms with Crippen molar-refractivity contribution in [1.82, 2.24) is 33.8 Å². The standard InChI is InChI=1S/C29H26N8O4/c1-5-36-22(20-9-8-18(15-32-20)23-17(3)41-35(4)28(23)40)14-19-13-16(2)33-24(25(19)36)26(38)34-21-7-6-12-37(27(21)39)29-30-10-11-31-29/h6-15H,5H2,1-4H3,(H,30,31)(H,34,38). The van der Waals surface area contributed by atoms with Crippen molar-refractivity contribution in [3.8, 4) is 28.5 Å². The fraction of sp³-hybridized carbons (Fsp3) is 0.172. The maximum absolute atomic E-state index is 13.6. The highest BCUT2D eigenvalue weighted by Gasteiger charge is 2.22. The van der Waals surface area contributed by atoms with E-state index in [-0.39, 0.29) is 16.9 Å². The molecule has 2 N–H and O–H groups in total. The Morgan fingerprint density at radius 2 is 1.93 bits per heavy atom. The van der Waals surface area contributed by atoms with E-state index >= 15 is 0 Å². The summed E-state index contributed by atoms with van der Waals surface area (Å²) in [6, 6.07) is 10.7. The van der Waals surface area contributed by atoms with Crippen LogP contribution in [0.15, 0.2) is 75.3 Å². The predicted molar refractivity (Wildman–Crippen MR) is 153 cm³/mol. The van der Waals surface area contributed by atoms with Crippen LogP contribution in [-0.2, 0) is 13.6 Å². The lowest BCUT2D eigenvalue weighted by Crippen LogP contribution is -2.26. The zero-order valence-corrected chi connectivity index (χ0v) is 22.8. The molecule has 0 bridgehead atoms. The number of pyridine rings is 3. The smallest absolute Gasteiger partial charge is 0.290 e. The quantitative estimate of drug-likeness (QED) is 0.321. The van der Waals surface area contributed by atoms with Crippen LogP contribution in [0.4, 0.5) is 5.69 Å². The number of anilines is 1. The lowest BCUT2D eigenvalue weighted by molar-refractivity contribution is 0.102. The molecule has 12 heteroatoms. The van der Waals surface area contributed by atoms with Crippen LogP contribution in [-0.4, -0.2) is 39.7 Å². The van der Waals surface area contributed by atoms with Gasteiger partial charge in [-0.1, -0.05) is 6.07 Å². The van der Waals surface area contributed by atoms with E-state index in [1.165, 1.54) is 15.4 Å². The van der Waals surface area contributed by atoms with Crippen molar-refractivity contribution in [2.24, 2.45) is 7.05 Å². The Morgan fingerprint density at radius 3 is 2.59 bits per heavy atom. The number of carbonyl (C=O) groups excluding carboxylic acids is 1. The van der Waals surface area contributed by atoms with E-state index < -0.39 is 11.5 Å². The highest BCUT2D eigenvalue weighted by atomic mass is 16.5. The van der Waals surface area contributed by atoms with Gasteiger partial charge < -0.3 is 19.4 Å². The first kappa shape index (κ1) is 25.7. The van der Waals surface area contributed by atoms with E-state index in [0.717, 1.165) is 11.1 Å². The molecule has 0 saturated carbocycles. The minimum atomic E-state index is -0.512. The van der Waals surface area contributed by atoms with Crippen molar-refractivity contribution in [2.75, 3.05) is 5.32 Å². The first-order chi connectivity index (χ1) is 19.8. The lowest BCUT2D eigenvalue weighted by atomic mass is 10.1. The molecule has 206 valence electrons. The maximum atomic E-state index is 13.6. The number of imidazole rings is 1. The molecule has 6 aromatic heterocycles. The van der Waals surface area contributed by atoms with Gasteiger partial charge in [0, 0.05) is 55.0 Å². The number of amides is 1. The first-order valence-corrected chi connectivity index (χ1v) is 12.9. The van der Waals surface area contributed by atoms with Crippen molar-refractivity contribution in [3.63, 3.8) is 0 Å². The number of aromatic amines is 1. The van der Waals surface area contributed by atoms with Gasteiger partial charge in [-0.3, -0.25) is 23.9 Å². The van der Waals surface area contributed by atoms with E-state index in [2.05, 4.69) is 25.3 Å². The first-order valence-electron chi connectivity index (χ1n) is 12.9. The summed E-state index contributed by atoms with van der Waals surface area (Å²) in [5.74, 6) is 0.344.